The van der Waals surface area contributed by atoms with E-state index in [-0.39, 0.29) is 24.0 Å². The summed E-state index contributed by atoms with van der Waals surface area (Å²) in [5.41, 5.74) is 6.81. The molecule has 3 N–H and O–H groups in total. The van der Waals surface area contributed by atoms with Gasteiger partial charge in [-0.2, -0.15) is 0 Å². The van der Waals surface area contributed by atoms with Gasteiger partial charge in [-0.1, -0.05) is 6.07 Å². The summed E-state index contributed by atoms with van der Waals surface area (Å²) in [7, 11) is 0. The van der Waals surface area contributed by atoms with Crippen LogP contribution in [0.5, 0.6) is 0 Å². The van der Waals surface area contributed by atoms with Gasteiger partial charge >= 0.3 is 0 Å². The molecule has 1 fully saturated rings. The maximum Gasteiger partial charge on any atom is 0.188 e. The summed E-state index contributed by atoms with van der Waals surface area (Å²) in [6.07, 6.45) is 5.28. The van der Waals surface area contributed by atoms with Gasteiger partial charge in [0.2, 0.25) is 0 Å². The first-order valence-electron chi connectivity index (χ1n) is 6.86. The topological polar surface area (TPSA) is 72.5 Å². The lowest BCUT2D eigenvalue weighted by molar-refractivity contribution is 0.132. The standard InChI is InChI=1S/C14H22N4O.HI/c15-14(18-9-10-19-11-12-4-5-12)17-8-6-13-3-1-2-7-16-13;/h1-3,7,12H,4-6,8-11H2,(H3,15,17,18);1H. The van der Waals surface area contributed by atoms with Crippen molar-refractivity contribution in [2.24, 2.45) is 16.6 Å². The van der Waals surface area contributed by atoms with E-state index in [1.165, 1.54) is 12.8 Å². The lowest BCUT2D eigenvalue weighted by Crippen LogP contribution is -2.33. The largest absolute Gasteiger partial charge is 0.379 e. The van der Waals surface area contributed by atoms with Gasteiger partial charge in [0.1, 0.15) is 0 Å². The van der Waals surface area contributed by atoms with Crippen LogP contribution in [0.25, 0.3) is 0 Å². The smallest absolute Gasteiger partial charge is 0.188 e. The Labute approximate surface area is 137 Å². The number of aromatic nitrogens is 1. The fourth-order valence-corrected chi connectivity index (χ4v) is 1.69. The van der Waals surface area contributed by atoms with Crippen molar-refractivity contribution in [3.63, 3.8) is 0 Å². The van der Waals surface area contributed by atoms with Gasteiger partial charge in [-0.15, -0.1) is 24.0 Å². The third kappa shape index (κ3) is 7.64. The molecule has 1 saturated carbocycles. The maximum absolute atomic E-state index is 5.76. The Hall–Kier alpha value is -0.890. The molecule has 0 aliphatic heterocycles. The van der Waals surface area contributed by atoms with Crippen LogP contribution in [-0.4, -0.2) is 37.2 Å². The summed E-state index contributed by atoms with van der Waals surface area (Å²) in [4.78, 5) is 8.45. The molecule has 2 rings (SSSR count). The number of rotatable bonds is 8. The zero-order chi connectivity index (χ0) is 13.3. The van der Waals surface area contributed by atoms with Gasteiger partial charge in [0.25, 0.3) is 0 Å². The molecule has 1 heterocycles. The van der Waals surface area contributed by atoms with Gasteiger partial charge in [0, 0.05) is 31.5 Å². The second-order valence-corrected chi connectivity index (χ2v) is 4.78. The van der Waals surface area contributed by atoms with Crippen LogP contribution < -0.4 is 11.1 Å². The van der Waals surface area contributed by atoms with Crippen LogP contribution in [0.3, 0.4) is 0 Å². The molecule has 0 atom stereocenters. The summed E-state index contributed by atoms with van der Waals surface area (Å²) in [5, 5.41) is 3.08. The minimum atomic E-state index is 0. The fourth-order valence-electron chi connectivity index (χ4n) is 1.69. The van der Waals surface area contributed by atoms with E-state index < -0.39 is 0 Å². The van der Waals surface area contributed by atoms with Gasteiger partial charge in [-0.3, -0.25) is 9.98 Å². The van der Waals surface area contributed by atoms with E-state index in [9.17, 15) is 0 Å². The summed E-state index contributed by atoms with van der Waals surface area (Å²) < 4.78 is 5.48. The Morgan fingerprint density at radius 3 is 3.00 bits per heavy atom. The van der Waals surface area contributed by atoms with Crippen molar-refractivity contribution >= 4 is 29.9 Å². The van der Waals surface area contributed by atoms with Crippen molar-refractivity contribution in [2.75, 3.05) is 26.3 Å². The van der Waals surface area contributed by atoms with Gasteiger partial charge in [0.05, 0.1) is 13.2 Å². The van der Waals surface area contributed by atoms with Crippen molar-refractivity contribution in [1.29, 1.82) is 0 Å². The molecule has 1 aliphatic rings. The molecule has 0 radical (unpaired) electrons. The minimum absolute atomic E-state index is 0. The molecule has 6 heteroatoms. The number of hydrogen-bond donors (Lipinski definition) is 2. The van der Waals surface area contributed by atoms with E-state index in [1.807, 2.05) is 18.2 Å². The molecule has 0 bridgehead atoms. The van der Waals surface area contributed by atoms with E-state index in [2.05, 4.69) is 15.3 Å². The fraction of sp³-hybridized carbons (Fsp3) is 0.571. The van der Waals surface area contributed by atoms with Crippen molar-refractivity contribution in [3.8, 4) is 0 Å². The van der Waals surface area contributed by atoms with Gasteiger partial charge in [-0.05, 0) is 30.9 Å². The first kappa shape index (κ1) is 17.2. The molecule has 0 amide bonds. The SMILES string of the molecule is I.NC(=NCCOCC1CC1)NCCc1ccccn1. The average molecular weight is 390 g/mol. The highest BCUT2D eigenvalue weighted by Gasteiger charge is 2.20. The molecule has 0 spiro atoms. The second-order valence-electron chi connectivity index (χ2n) is 4.78. The zero-order valence-corrected chi connectivity index (χ0v) is 14.0. The average Bonchev–Trinajstić information content (AvgIpc) is 3.24. The van der Waals surface area contributed by atoms with Gasteiger partial charge < -0.3 is 15.8 Å². The normalized spacial score (nSPS) is 14.7. The number of nitrogens with one attached hydrogen (secondary N) is 1. The third-order valence-electron chi connectivity index (χ3n) is 2.98. The van der Waals surface area contributed by atoms with Crippen LogP contribution >= 0.6 is 24.0 Å². The first-order chi connectivity index (χ1) is 9.34. The van der Waals surface area contributed by atoms with Crippen LogP contribution in [0.1, 0.15) is 18.5 Å². The maximum atomic E-state index is 5.76. The van der Waals surface area contributed by atoms with E-state index >= 15 is 0 Å². The quantitative estimate of drug-likeness (QED) is 0.306. The molecule has 1 aromatic heterocycles. The highest BCUT2D eigenvalue weighted by Crippen LogP contribution is 2.28. The van der Waals surface area contributed by atoms with Crippen LogP contribution in [-0.2, 0) is 11.2 Å². The number of pyridine rings is 1. The summed E-state index contributed by atoms with van der Waals surface area (Å²) in [6, 6.07) is 5.89. The predicted molar refractivity (Wildman–Crippen MR) is 91.4 cm³/mol. The van der Waals surface area contributed by atoms with Crippen LogP contribution in [0.4, 0.5) is 0 Å². The Morgan fingerprint density at radius 1 is 1.45 bits per heavy atom. The van der Waals surface area contributed by atoms with Crippen molar-refractivity contribution in [2.45, 2.75) is 19.3 Å². The van der Waals surface area contributed by atoms with E-state index in [4.69, 9.17) is 10.5 Å². The number of halogens is 1. The van der Waals surface area contributed by atoms with E-state index in [0.29, 0.717) is 19.1 Å². The molecule has 0 saturated heterocycles. The summed E-state index contributed by atoms with van der Waals surface area (Å²) in [5.74, 6) is 1.28. The zero-order valence-electron chi connectivity index (χ0n) is 11.6. The van der Waals surface area contributed by atoms with Gasteiger partial charge in [0.15, 0.2) is 5.96 Å². The summed E-state index contributed by atoms with van der Waals surface area (Å²) >= 11 is 0. The Kier molecular flexibility index (Phi) is 8.52. The highest BCUT2D eigenvalue weighted by atomic mass is 127. The second kappa shape index (κ2) is 9.93. The molecular formula is C14H23IN4O. The minimum Gasteiger partial charge on any atom is -0.379 e. The van der Waals surface area contributed by atoms with Gasteiger partial charge in [-0.25, -0.2) is 0 Å². The number of nitrogens with zero attached hydrogens (tertiary/aromatic N) is 2. The molecule has 1 aliphatic carbocycles. The predicted octanol–water partition coefficient (Wildman–Crippen LogP) is 1.57. The van der Waals surface area contributed by atoms with Crippen molar-refractivity contribution in [3.05, 3.63) is 30.1 Å². The molecule has 20 heavy (non-hydrogen) atoms. The highest BCUT2D eigenvalue weighted by molar-refractivity contribution is 14.0. The Morgan fingerprint density at radius 2 is 2.30 bits per heavy atom. The van der Waals surface area contributed by atoms with Crippen LogP contribution in [0.2, 0.25) is 0 Å². The number of ether oxygens (including phenoxy) is 1. The van der Waals surface area contributed by atoms with Crippen LogP contribution in [0.15, 0.2) is 29.4 Å². The van der Waals surface area contributed by atoms with Crippen molar-refractivity contribution in [1.82, 2.24) is 10.3 Å². The van der Waals surface area contributed by atoms with E-state index in [0.717, 1.165) is 31.2 Å². The van der Waals surface area contributed by atoms with Crippen LogP contribution in [0, 0.1) is 5.92 Å². The Balaban J connectivity index is 0.00000200. The first-order valence-corrected chi connectivity index (χ1v) is 6.86. The third-order valence-corrected chi connectivity index (χ3v) is 2.98. The molecule has 5 nitrogen and oxygen atoms in total. The molecular weight excluding hydrogens is 367 g/mol. The molecule has 1 aromatic rings. The number of aliphatic imine (C=N–C) groups is 1. The van der Waals surface area contributed by atoms with Crippen molar-refractivity contribution < 1.29 is 4.74 Å². The lowest BCUT2D eigenvalue weighted by atomic mass is 10.3. The molecule has 0 unspecified atom stereocenters. The monoisotopic (exact) mass is 390 g/mol. The molecule has 112 valence electrons. The number of guanidine groups is 1. The number of hydrogen-bond acceptors (Lipinski definition) is 3. The lowest BCUT2D eigenvalue weighted by Gasteiger charge is -2.05. The Bertz CT molecular complexity index is 395. The van der Waals surface area contributed by atoms with E-state index in [1.54, 1.807) is 6.20 Å². The summed E-state index contributed by atoms with van der Waals surface area (Å²) in [6.45, 7) is 2.89. The number of nitrogens with two attached hydrogens (primary N) is 1. The molecule has 0 aromatic carbocycles.